The molecular formula is C22H20N4O4S. The van der Waals surface area contributed by atoms with Crippen LogP contribution in [0.5, 0.6) is 0 Å². The van der Waals surface area contributed by atoms with Crippen LogP contribution in [-0.4, -0.2) is 42.9 Å². The van der Waals surface area contributed by atoms with E-state index < -0.39 is 22.3 Å². The monoisotopic (exact) mass is 436 g/mol. The topological polar surface area (TPSA) is 104 Å². The number of hydrogen-bond donors (Lipinski definition) is 2. The van der Waals surface area contributed by atoms with Crippen LogP contribution in [0.2, 0.25) is 0 Å². The van der Waals surface area contributed by atoms with Gasteiger partial charge >= 0.3 is 0 Å². The number of aliphatic imine (C=N–C) groups is 1. The summed E-state index contributed by atoms with van der Waals surface area (Å²) in [7, 11) is -3.90. The lowest BCUT2D eigenvalue weighted by atomic mass is 9.93. The fourth-order valence-corrected chi connectivity index (χ4v) is 4.86. The Bertz CT molecular complexity index is 1240. The maximum Gasteiger partial charge on any atom is 0.286 e. The highest BCUT2D eigenvalue weighted by Crippen LogP contribution is 2.34. The third-order valence-corrected chi connectivity index (χ3v) is 6.58. The van der Waals surface area contributed by atoms with E-state index in [9.17, 15) is 13.5 Å². The molecule has 0 saturated carbocycles. The van der Waals surface area contributed by atoms with Crippen LogP contribution in [0.1, 0.15) is 12.0 Å². The minimum Gasteiger partial charge on any atom is -0.384 e. The predicted molar refractivity (Wildman–Crippen MR) is 117 cm³/mol. The number of aliphatic hydroxyl groups excluding tert-OH is 1. The molecule has 9 heteroatoms. The van der Waals surface area contributed by atoms with Gasteiger partial charge in [0.1, 0.15) is 11.0 Å². The van der Waals surface area contributed by atoms with Crippen molar-refractivity contribution in [3.63, 3.8) is 0 Å². The molecule has 3 heterocycles. The van der Waals surface area contributed by atoms with Crippen molar-refractivity contribution < 1.29 is 18.4 Å². The zero-order valence-electron chi connectivity index (χ0n) is 16.4. The van der Waals surface area contributed by atoms with E-state index in [4.69, 9.17) is 4.84 Å². The number of allylic oxidation sites excluding steroid dienone is 1. The molecule has 0 bridgehead atoms. The standard InChI is InChI=1S/C22H20N4O4S/c27-20-16-9-6-12-23-22(16)26(30-14-15-7-2-1-3-8-15)13-17(20)21-24-18-10-4-5-11-19(18)31(28,29)25-21/h1-5,7-13,20,22,27H,6,14H2,(H,24,25). The summed E-state index contributed by atoms with van der Waals surface area (Å²) in [4.78, 5) is 10.6. The highest BCUT2D eigenvalue weighted by molar-refractivity contribution is 7.90. The van der Waals surface area contributed by atoms with Gasteiger partial charge in [-0.1, -0.05) is 48.5 Å². The Kier molecular flexibility index (Phi) is 4.93. The minimum absolute atomic E-state index is 0.0633. The Balaban J connectivity index is 1.52. The van der Waals surface area contributed by atoms with E-state index in [1.54, 1.807) is 30.6 Å². The molecule has 158 valence electrons. The molecule has 31 heavy (non-hydrogen) atoms. The molecule has 0 amide bonds. The second kappa shape index (κ2) is 7.77. The maximum atomic E-state index is 12.7. The van der Waals surface area contributed by atoms with E-state index in [0.717, 1.165) is 5.56 Å². The first-order valence-corrected chi connectivity index (χ1v) is 11.2. The van der Waals surface area contributed by atoms with Crippen molar-refractivity contribution in [2.75, 3.05) is 5.32 Å². The molecule has 2 N–H and O–H groups in total. The van der Waals surface area contributed by atoms with Crippen molar-refractivity contribution in [3.8, 4) is 0 Å². The number of hydroxylamine groups is 2. The summed E-state index contributed by atoms with van der Waals surface area (Å²) in [6.07, 6.45) is 4.18. The van der Waals surface area contributed by atoms with Gasteiger partial charge in [-0.2, -0.15) is 8.42 Å². The molecule has 0 saturated heterocycles. The largest absolute Gasteiger partial charge is 0.384 e. The number of anilines is 1. The summed E-state index contributed by atoms with van der Waals surface area (Å²) in [5, 5.41) is 15.6. The Morgan fingerprint density at radius 3 is 2.74 bits per heavy atom. The van der Waals surface area contributed by atoms with E-state index in [-0.39, 0.29) is 10.7 Å². The van der Waals surface area contributed by atoms with Crippen LogP contribution in [0.15, 0.2) is 92.3 Å². The first-order chi connectivity index (χ1) is 15.0. The first kappa shape index (κ1) is 19.7. The molecule has 2 atom stereocenters. The molecule has 3 aliphatic heterocycles. The number of aliphatic hydroxyl groups is 1. The molecule has 0 radical (unpaired) electrons. The van der Waals surface area contributed by atoms with Crippen molar-refractivity contribution >= 4 is 27.8 Å². The number of rotatable bonds is 4. The molecule has 2 aromatic rings. The summed E-state index contributed by atoms with van der Waals surface area (Å²) in [5.41, 5.74) is 2.30. The number of para-hydroxylation sites is 1. The van der Waals surface area contributed by atoms with E-state index >= 15 is 0 Å². The third kappa shape index (κ3) is 3.67. The molecule has 0 fully saturated rings. The molecule has 2 aromatic carbocycles. The quantitative estimate of drug-likeness (QED) is 0.714. The highest BCUT2D eigenvalue weighted by Gasteiger charge is 2.38. The van der Waals surface area contributed by atoms with Gasteiger partial charge in [0, 0.05) is 30.0 Å². The fourth-order valence-electron chi connectivity index (χ4n) is 3.73. The number of nitrogens with one attached hydrogen (secondary N) is 1. The number of nitrogens with zero attached hydrogens (tertiary/aromatic N) is 3. The summed E-state index contributed by atoms with van der Waals surface area (Å²) in [5.74, 6) is 0.0633. The maximum absolute atomic E-state index is 12.7. The zero-order valence-corrected chi connectivity index (χ0v) is 17.2. The van der Waals surface area contributed by atoms with Gasteiger partial charge in [-0.05, 0) is 17.7 Å². The molecule has 2 unspecified atom stereocenters. The van der Waals surface area contributed by atoms with Crippen LogP contribution >= 0.6 is 0 Å². The van der Waals surface area contributed by atoms with Gasteiger partial charge in [0.2, 0.25) is 0 Å². The summed E-state index contributed by atoms with van der Waals surface area (Å²) in [6, 6.07) is 16.2. The molecule has 5 rings (SSSR count). The number of amidine groups is 1. The molecule has 0 aromatic heterocycles. The lowest BCUT2D eigenvalue weighted by Crippen LogP contribution is -2.44. The first-order valence-electron chi connectivity index (χ1n) is 9.81. The second-order valence-electron chi connectivity index (χ2n) is 7.29. The number of hydrogen-bond acceptors (Lipinski definition) is 7. The predicted octanol–water partition coefficient (Wildman–Crippen LogP) is 2.62. The number of fused-ring (bicyclic) bond motifs is 2. The summed E-state index contributed by atoms with van der Waals surface area (Å²) < 4.78 is 29.3. The Labute approximate surface area is 179 Å². The van der Waals surface area contributed by atoms with Crippen molar-refractivity contribution in [1.29, 1.82) is 0 Å². The number of dihydropyridines is 1. The lowest BCUT2D eigenvalue weighted by molar-refractivity contribution is -0.156. The van der Waals surface area contributed by atoms with Gasteiger partial charge in [-0.15, -0.1) is 4.40 Å². The third-order valence-electron chi connectivity index (χ3n) is 5.25. The van der Waals surface area contributed by atoms with E-state index in [1.165, 1.54) is 11.1 Å². The molecule has 8 nitrogen and oxygen atoms in total. The van der Waals surface area contributed by atoms with Gasteiger partial charge in [0.15, 0.2) is 12.0 Å². The Hall–Kier alpha value is -3.27. The second-order valence-corrected chi connectivity index (χ2v) is 8.86. The summed E-state index contributed by atoms with van der Waals surface area (Å²) >= 11 is 0. The van der Waals surface area contributed by atoms with Gasteiger partial charge in [0.25, 0.3) is 10.0 Å². The van der Waals surface area contributed by atoms with Gasteiger partial charge in [0.05, 0.1) is 12.3 Å². The molecular weight excluding hydrogens is 416 g/mol. The minimum atomic E-state index is -3.90. The van der Waals surface area contributed by atoms with E-state index in [2.05, 4.69) is 14.7 Å². The van der Waals surface area contributed by atoms with E-state index in [1.807, 2.05) is 36.4 Å². The Morgan fingerprint density at radius 2 is 1.90 bits per heavy atom. The van der Waals surface area contributed by atoms with Crippen molar-refractivity contribution in [1.82, 2.24) is 5.06 Å². The smallest absolute Gasteiger partial charge is 0.286 e. The van der Waals surface area contributed by atoms with Crippen molar-refractivity contribution in [2.45, 2.75) is 30.2 Å². The van der Waals surface area contributed by atoms with Crippen LogP contribution in [0.25, 0.3) is 0 Å². The van der Waals surface area contributed by atoms with Crippen LogP contribution in [0.3, 0.4) is 0 Å². The molecule has 3 aliphatic rings. The normalized spacial score (nSPS) is 23.6. The Morgan fingerprint density at radius 1 is 1.13 bits per heavy atom. The highest BCUT2D eigenvalue weighted by atomic mass is 32.2. The van der Waals surface area contributed by atoms with Crippen LogP contribution in [0, 0.1) is 0 Å². The SMILES string of the molecule is O=S1(=O)N=C(C2=CN(OCc3ccccc3)C3N=CCC=C3C2O)Nc2ccccc21. The van der Waals surface area contributed by atoms with Crippen LogP contribution < -0.4 is 5.32 Å². The lowest BCUT2D eigenvalue weighted by Gasteiger charge is -2.38. The summed E-state index contributed by atoms with van der Waals surface area (Å²) in [6.45, 7) is 0.293. The van der Waals surface area contributed by atoms with E-state index in [0.29, 0.717) is 29.9 Å². The van der Waals surface area contributed by atoms with Crippen molar-refractivity contribution in [3.05, 3.63) is 83.6 Å². The van der Waals surface area contributed by atoms with Crippen LogP contribution in [-0.2, 0) is 21.5 Å². The number of benzene rings is 2. The molecule has 0 aliphatic carbocycles. The average molecular weight is 436 g/mol. The molecule has 0 spiro atoms. The van der Waals surface area contributed by atoms with Gasteiger partial charge in [-0.25, -0.2) is 5.06 Å². The van der Waals surface area contributed by atoms with Gasteiger partial charge in [-0.3, -0.25) is 9.83 Å². The van der Waals surface area contributed by atoms with Crippen LogP contribution in [0.4, 0.5) is 5.69 Å². The fraction of sp³-hybridized carbons (Fsp3) is 0.182. The number of sulfonamides is 1. The zero-order chi connectivity index (χ0) is 21.4. The van der Waals surface area contributed by atoms with Gasteiger partial charge < -0.3 is 10.4 Å². The van der Waals surface area contributed by atoms with Crippen molar-refractivity contribution in [2.24, 2.45) is 9.39 Å². The average Bonchev–Trinajstić information content (AvgIpc) is 2.79.